The number of anilines is 2. The predicted octanol–water partition coefficient (Wildman–Crippen LogP) is 0.798. The fourth-order valence-corrected chi connectivity index (χ4v) is 1.01. The third-order valence-corrected chi connectivity index (χ3v) is 1.69. The number of nitrogen functional groups attached to an aromatic ring is 1. The first-order valence-corrected chi connectivity index (χ1v) is 4.17. The Labute approximate surface area is 84.3 Å². The number of nitrogens with one attached hydrogen (secondary N) is 1. The Balaban J connectivity index is 2.07. The van der Waals surface area contributed by atoms with Crippen LogP contribution in [-0.4, -0.2) is 15.1 Å². The van der Waals surface area contributed by atoms with E-state index in [0.29, 0.717) is 12.2 Å². The number of rotatable bonds is 3. The highest BCUT2D eigenvalue weighted by molar-refractivity contribution is 5.39. The van der Waals surface area contributed by atoms with Gasteiger partial charge in [0.2, 0.25) is 5.95 Å². The molecular weight excluding hydrogens is 201 g/mol. The SMILES string of the molecule is Nc1ncc(F)c(NCc2ccon2)n1. The molecule has 2 aromatic heterocycles. The van der Waals surface area contributed by atoms with Gasteiger partial charge >= 0.3 is 0 Å². The molecule has 0 spiro atoms. The Hall–Kier alpha value is -2.18. The van der Waals surface area contributed by atoms with Gasteiger partial charge in [-0.25, -0.2) is 9.37 Å². The molecule has 15 heavy (non-hydrogen) atoms. The van der Waals surface area contributed by atoms with Crippen molar-refractivity contribution in [1.29, 1.82) is 0 Å². The van der Waals surface area contributed by atoms with Gasteiger partial charge in [0.25, 0.3) is 0 Å². The minimum Gasteiger partial charge on any atom is -0.368 e. The summed E-state index contributed by atoms with van der Waals surface area (Å²) in [6.45, 7) is 0.309. The monoisotopic (exact) mass is 209 g/mol. The summed E-state index contributed by atoms with van der Waals surface area (Å²) >= 11 is 0. The summed E-state index contributed by atoms with van der Waals surface area (Å²) in [7, 11) is 0. The van der Waals surface area contributed by atoms with Gasteiger partial charge in [0, 0.05) is 6.07 Å². The van der Waals surface area contributed by atoms with Crippen molar-refractivity contribution in [1.82, 2.24) is 15.1 Å². The summed E-state index contributed by atoms with van der Waals surface area (Å²) in [4.78, 5) is 7.20. The van der Waals surface area contributed by atoms with Gasteiger partial charge in [-0.05, 0) is 0 Å². The number of nitrogens with two attached hydrogens (primary N) is 1. The van der Waals surface area contributed by atoms with E-state index in [4.69, 9.17) is 5.73 Å². The molecule has 6 nitrogen and oxygen atoms in total. The van der Waals surface area contributed by atoms with E-state index in [1.165, 1.54) is 6.26 Å². The van der Waals surface area contributed by atoms with Crippen molar-refractivity contribution in [2.45, 2.75) is 6.54 Å². The quantitative estimate of drug-likeness (QED) is 0.777. The summed E-state index contributed by atoms with van der Waals surface area (Å²) in [5, 5.41) is 6.38. The Morgan fingerprint density at radius 2 is 2.40 bits per heavy atom. The van der Waals surface area contributed by atoms with Crippen molar-refractivity contribution in [3.8, 4) is 0 Å². The van der Waals surface area contributed by atoms with E-state index < -0.39 is 5.82 Å². The van der Waals surface area contributed by atoms with Crippen molar-refractivity contribution in [3.63, 3.8) is 0 Å². The Bertz CT molecular complexity index is 444. The molecule has 7 heteroatoms. The smallest absolute Gasteiger partial charge is 0.222 e. The van der Waals surface area contributed by atoms with Crippen LogP contribution in [0.25, 0.3) is 0 Å². The van der Waals surface area contributed by atoms with Gasteiger partial charge in [-0.1, -0.05) is 5.16 Å². The highest BCUT2D eigenvalue weighted by Gasteiger charge is 2.05. The van der Waals surface area contributed by atoms with Crippen LogP contribution in [0, 0.1) is 5.82 Å². The molecule has 2 rings (SSSR count). The van der Waals surface area contributed by atoms with Gasteiger partial charge in [0.1, 0.15) is 12.0 Å². The topological polar surface area (TPSA) is 89.9 Å². The molecule has 2 aromatic rings. The molecule has 0 bridgehead atoms. The summed E-state index contributed by atoms with van der Waals surface area (Å²) in [6, 6.07) is 1.66. The molecule has 0 radical (unpaired) electrons. The Kier molecular flexibility index (Phi) is 2.44. The van der Waals surface area contributed by atoms with Crippen LogP contribution < -0.4 is 11.1 Å². The first-order chi connectivity index (χ1) is 7.25. The molecule has 0 aromatic carbocycles. The lowest BCUT2D eigenvalue weighted by Crippen LogP contribution is -2.06. The van der Waals surface area contributed by atoms with Crippen molar-refractivity contribution in [2.75, 3.05) is 11.1 Å². The average molecular weight is 209 g/mol. The normalized spacial score (nSPS) is 10.2. The molecule has 0 unspecified atom stereocenters. The number of hydrogen-bond acceptors (Lipinski definition) is 6. The van der Waals surface area contributed by atoms with Crippen LogP contribution in [0.3, 0.4) is 0 Å². The molecule has 0 aliphatic heterocycles. The zero-order valence-electron chi connectivity index (χ0n) is 7.64. The fraction of sp³-hybridized carbons (Fsp3) is 0.125. The summed E-state index contributed by atoms with van der Waals surface area (Å²) in [5.41, 5.74) is 5.96. The van der Waals surface area contributed by atoms with Gasteiger partial charge in [0.15, 0.2) is 11.6 Å². The third-order valence-electron chi connectivity index (χ3n) is 1.69. The van der Waals surface area contributed by atoms with Crippen LogP contribution in [0.5, 0.6) is 0 Å². The van der Waals surface area contributed by atoms with Crippen LogP contribution in [-0.2, 0) is 6.54 Å². The van der Waals surface area contributed by atoms with Crippen LogP contribution >= 0.6 is 0 Å². The standard InChI is InChI=1S/C8H8FN5O/c9-6-4-12-8(10)13-7(6)11-3-5-1-2-15-14-5/h1-2,4H,3H2,(H3,10,11,12,13). The van der Waals surface area contributed by atoms with Crippen molar-refractivity contribution in [2.24, 2.45) is 0 Å². The van der Waals surface area contributed by atoms with Gasteiger partial charge in [0.05, 0.1) is 12.7 Å². The van der Waals surface area contributed by atoms with E-state index in [1.807, 2.05) is 0 Å². The van der Waals surface area contributed by atoms with Crippen molar-refractivity contribution < 1.29 is 8.91 Å². The number of hydrogen-bond donors (Lipinski definition) is 2. The highest BCUT2D eigenvalue weighted by Crippen LogP contribution is 2.11. The van der Waals surface area contributed by atoms with E-state index >= 15 is 0 Å². The zero-order chi connectivity index (χ0) is 10.7. The molecule has 0 atom stereocenters. The summed E-state index contributed by atoms with van der Waals surface area (Å²) in [6.07, 6.45) is 2.44. The van der Waals surface area contributed by atoms with Gasteiger partial charge in [-0.15, -0.1) is 0 Å². The van der Waals surface area contributed by atoms with E-state index in [0.717, 1.165) is 6.20 Å². The van der Waals surface area contributed by atoms with Crippen LogP contribution in [0.4, 0.5) is 16.2 Å². The number of aromatic nitrogens is 3. The molecule has 0 saturated heterocycles. The maximum absolute atomic E-state index is 13.1. The van der Waals surface area contributed by atoms with E-state index in [2.05, 4.69) is 25.0 Å². The first-order valence-electron chi connectivity index (χ1n) is 4.17. The third kappa shape index (κ3) is 2.19. The van der Waals surface area contributed by atoms with Gasteiger partial charge < -0.3 is 15.6 Å². The minimum atomic E-state index is -0.562. The van der Waals surface area contributed by atoms with Crippen LogP contribution in [0.1, 0.15) is 5.69 Å². The Morgan fingerprint density at radius 1 is 1.53 bits per heavy atom. The predicted molar refractivity (Wildman–Crippen MR) is 50.2 cm³/mol. The number of nitrogens with zero attached hydrogens (tertiary/aromatic N) is 3. The second-order valence-electron chi connectivity index (χ2n) is 2.77. The van der Waals surface area contributed by atoms with Crippen LogP contribution in [0.2, 0.25) is 0 Å². The van der Waals surface area contributed by atoms with Crippen molar-refractivity contribution >= 4 is 11.8 Å². The van der Waals surface area contributed by atoms with Crippen molar-refractivity contribution in [3.05, 3.63) is 30.0 Å². The molecular formula is C8H8FN5O. The largest absolute Gasteiger partial charge is 0.368 e. The lowest BCUT2D eigenvalue weighted by molar-refractivity contribution is 0.412. The lowest BCUT2D eigenvalue weighted by atomic mass is 10.4. The molecule has 78 valence electrons. The van der Waals surface area contributed by atoms with E-state index in [1.54, 1.807) is 6.07 Å². The average Bonchev–Trinajstić information content (AvgIpc) is 2.72. The molecule has 0 aliphatic rings. The fourth-order valence-electron chi connectivity index (χ4n) is 1.01. The molecule has 3 N–H and O–H groups in total. The second-order valence-corrected chi connectivity index (χ2v) is 2.77. The lowest BCUT2D eigenvalue weighted by Gasteiger charge is -2.03. The first kappa shape index (κ1) is 9.38. The molecule has 0 fully saturated rings. The van der Waals surface area contributed by atoms with Gasteiger partial charge in [-0.3, -0.25) is 0 Å². The number of halogens is 1. The summed E-state index contributed by atoms with van der Waals surface area (Å²) in [5.74, 6) is -0.503. The molecule has 0 aliphatic carbocycles. The molecule has 2 heterocycles. The Morgan fingerprint density at radius 3 is 3.13 bits per heavy atom. The minimum absolute atomic E-state index is 0.0130. The van der Waals surface area contributed by atoms with Gasteiger partial charge in [-0.2, -0.15) is 4.98 Å². The highest BCUT2D eigenvalue weighted by atomic mass is 19.1. The zero-order valence-corrected chi connectivity index (χ0v) is 7.64. The van der Waals surface area contributed by atoms with Crippen LogP contribution in [0.15, 0.2) is 23.0 Å². The second kappa shape index (κ2) is 3.91. The maximum atomic E-state index is 13.1. The molecule has 0 saturated carbocycles. The molecule has 0 amide bonds. The maximum Gasteiger partial charge on any atom is 0.222 e. The van der Waals surface area contributed by atoms with E-state index in [-0.39, 0.29) is 11.8 Å². The summed E-state index contributed by atoms with van der Waals surface area (Å²) < 4.78 is 17.7. The van der Waals surface area contributed by atoms with E-state index in [9.17, 15) is 4.39 Å².